The lowest BCUT2D eigenvalue weighted by Gasteiger charge is -2.04. The van der Waals surface area contributed by atoms with Crippen molar-refractivity contribution in [3.05, 3.63) is 98.1 Å². The Morgan fingerprint density at radius 2 is 1.94 bits per heavy atom. The van der Waals surface area contributed by atoms with E-state index in [1.165, 1.54) is 11.3 Å². The van der Waals surface area contributed by atoms with Crippen LogP contribution in [-0.2, 0) is 0 Å². The van der Waals surface area contributed by atoms with E-state index in [4.69, 9.17) is 16.0 Å². The quantitative estimate of drug-likeness (QED) is 0.176. The number of thiazole rings is 1. The van der Waals surface area contributed by atoms with Crippen molar-refractivity contribution in [1.29, 1.82) is 5.26 Å². The fourth-order valence-corrected chi connectivity index (χ4v) is 4.46. The van der Waals surface area contributed by atoms with E-state index in [1.807, 2.05) is 48.5 Å². The molecule has 0 atom stereocenters. The van der Waals surface area contributed by atoms with E-state index in [-0.39, 0.29) is 0 Å². The first kappa shape index (κ1) is 19.3. The molecule has 3 aromatic carbocycles. The molecule has 0 aliphatic carbocycles. The number of hydrogen-bond donors (Lipinski definition) is 0. The Bertz CT molecular complexity index is 1590. The van der Waals surface area contributed by atoms with Crippen LogP contribution in [0, 0.1) is 11.3 Å². The minimum Gasteiger partial charge on any atom is -0.422 e. The average molecular weight is 441 g/mol. The second-order valence-corrected chi connectivity index (χ2v) is 8.20. The van der Waals surface area contributed by atoms with Crippen molar-refractivity contribution in [2.24, 2.45) is 0 Å². The molecule has 2 aromatic heterocycles. The van der Waals surface area contributed by atoms with Gasteiger partial charge in [-0.15, -0.1) is 11.3 Å². The highest BCUT2D eigenvalue weighted by Crippen LogP contribution is 2.30. The van der Waals surface area contributed by atoms with Gasteiger partial charge in [-0.1, -0.05) is 54.1 Å². The van der Waals surface area contributed by atoms with Crippen LogP contribution in [0.2, 0.25) is 5.02 Å². The molecule has 0 N–H and O–H groups in total. The zero-order valence-electron chi connectivity index (χ0n) is 16.0. The molecule has 0 aliphatic rings. The lowest BCUT2D eigenvalue weighted by Crippen LogP contribution is -2.03. The molecule has 0 aliphatic heterocycles. The van der Waals surface area contributed by atoms with E-state index in [0.717, 1.165) is 21.7 Å². The summed E-state index contributed by atoms with van der Waals surface area (Å²) in [6.45, 7) is 0. The summed E-state index contributed by atoms with van der Waals surface area (Å²) in [5.74, 6) is 0. The maximum absolute atomic E-state index is 12.7. The second-order valence-electron chi connectivity index (χ2n) is 6.91. The molecule has 31 heavy (non-hydrogen) atoms. The fourth-order valence-electron chi connectivity index (χ4n) is 3.48. The summed E-state index contributed by atoms with van der Waals surface area (Å²) in [6.07, 6.45) is 1.73. The van der Waals surface area contributed by atoms with Gasteiger partial charge in [-0.3, -0.25) is 0 Å². The van der Waals surface area contributed by atoms with Crippen molar-refractivity contribution in [2.75, 3.05) is 0 Å². The Hall–Kier alpha value is -3.72. The van der Waals surface area contributed by atoms with Gasteiger partial charge >= 0.3 is 5.63 Å². The molecule has 0 spiro atoms. The van der Waals surface area contributed by atoms with E-state index in [1.54, 1.807) is 29.7 Å². The Kier molecular flexibility index (Phi) is 4.87. The molecule has 0 amide bonds. The summed E-state index contributed by atoms with van der Waals surface area (Å²) >= 11 is 7.34. The van der Waals surface area contributed by atoms with Gasteiger partial charge in [0.25, 0.3) is 0 Å². The smallest absolute Gasteiger partial charge is 0.345 e. The second kappa shape index (κ2) is 7.84. The normalized spacial score (nSPS) is 11.7. The third-order valence-corrected chi connectivity index (χ3v) is 6.04. The number of benzene rings is 3. The summed E-state index contributed by atoms with van der Waals surface area (Å²) in [5.41, 5.74) is 2.12. The van der Waals surface area contributed by atoms with Gasteiger partial charge in [-0.2, -0.15) is 5.26 Å². The average Bonchev–Trinajstić information content (AvgIpc) is 3.26. The van der Waals surface area contributed by atoms with Gasteiger partial charge in [0.15, 0.2) is 0 Å². The Morgan fingerprint density at radius 1 is 1.06 bits per heavy atom. The van der Waals surface area contributed by atoms with Crippen LogP contribution in [0.1, 0.15) is 10.6 Å². The maximum Gasteiger partial charge on any atom is 0.345 e. The molecule has 0 saturated heterocycles. The maximum atomic E-state index is 12.7. The summed E-state index contributed by atoms with van der Waals surface area (Å²) < 4.78 is 5.57. The highest BCUT2D eigenvalue weighted by molar-refractivity contribution is 7.11. The molecule has 5 aromatic rings. The van der Waals surface area contributed by atoms with Gasteiger partial charge in [0, 0.05) is 15.8 Å². The summed E-state index contributed by atoms with van der Waals surface area (Å²) in [5, 5.41) is 15.4. The van der Waals surface area contributed by atoms with Gasteiger partial charge in [-0.25, -0.2) is 9.78 Å². The largest absolute Gasteiger partial charge is 0.422 e. The molecule has 2 heterocycles. The molecule has 0 unspecified atom stereocenters. The number of nitriles is 1. The molecule has 0 saturated carbocycles. The standard InChI is InChI=1S/C25H13ClN2O2S/c26-18-6-3-4-15(11-18)10-17(13-27)24-28-22(14-31-24)21-12-20-19-7-2-1-5-16(19)8-9-23(20)30-25(21)29/h1-12,14H. The first-order valence-corrected chi connectivity index (χ1v) is 10.7. The zero-order chi connectivity index (χ0) is 21.4. The van der Waals surface area contributed by atoms with Crippen LogP contribution in [0.25, 0.3) is 44.6 Å². The highest BCUT2D eigenvalue weighted by Gasteiger charge is 2.15. The zero-order valence-corrected chi connectivity index (χ0v) is 17.6. The van der Waals surface area contributed by atoms with Gasteiger partial charge in [-0.05, 0) is 46.7 Å². The predicted octanol–water partition coefficient (Wildman–Crippen LogP) is 6.79. The van der Waals surface area contributed by atoms with Crippen molar-refractivity contribution in [3.8, 4) is 17.3 Å². The van der Waals surface area contributed by atoms with E-state index in [2.05, 4.69) is 11.1 Å². The van der Waals surface area contributed by atoms with Crippen molar-refractivity contribution in [2.45, 2.75) is 0 Å². The summed E-state index contributed by atoms with van der Waals surface area (Å²) in [6, 6.07) is 22.9. The van der Waals surface area contributed by atoms with Crippen molar-refractivity contribution >= 4 is 56.3 Å². The van der Waals surface area contributed by atoms with Crippen LogP contribution < -0.4 is 5.63 Å². The van der Waals surface area contributed by atoms with Crippen LogP contribution in [0.4, 0.5) is 0 Å². The number of hydrogen-bond acceptors (Lipinski definition) is 5. The van der Waals surface area contributed by atoms with Crippen LogP contribution in [0.3, 0.4) is 0 Å². The molecule has 148 valence electrons. The molecule has 5 rings (SSSR count). The third-order valence-electron chi connectivity index (χ3n) is 4.93. The van der Waals surface area contributed by atoms with Crippen LogP contribution in [0.15, 0.2) is 81.3 Å². The van der Waals surface area contributed by atoms with Gasteiger partial charge in [0.05, 0.1) is 16.8 Å². The van der Waals surface area contributed by atoms with Crippen LogP contribution >= 0.6 is 22.9 Å². The van der Waals surface area contributed by atoms with Crippen molar-refractivity contribution in [1.82, 2.24) is 4.98 Å². The predicted molar refractivity (Wildman–Crippen MR) is 126 cm³/mol. The minimum absolute atomic E-state index is 0.367. The van der Waals surface area contributed by atoms with Crippen LogP contribution in [-0.4, -0.2) is 4.98 Å². The molecular weight excluding hydrogens is 428 g/mol. The molecular formula is C25H13ClN2O2S. The molecule has 6 heteroatoms. The lowest BCUT2D eigenvalue weighted by atomic mass is 10.0. The number of fused-ring (bicyclic) bond motifs is 3. The number of allylic oxidation sites excluding steroid dienone is 1. The molecule has 0 bridgehead atoms. The van der Waals surface area contributed by atoms with Gasteiger partial charge in [0.1, 0.15) is 16.7 Å². The Labute approximate surface area is 186 Å². The summed E-state index contributed by atoms with van der Waals surface area (Å²) in [7, 11) is 0. The van der Waals surface area contributed by atoms with E-state index >= 15 is 0 Å². The van der Waals surface area contributed by atoms with Gasteiger partial charge in [0.2, 0.25) is 0 Å². The first-order chi connectivity index (χ1) is 15.1. The fraction of sp³-hybridized carbons (Fsp3) is 0. The topological polar surface area (TPSA) is 66.9 Å². The third kappa shape index (κ3) is 3.64. The number of rotatable bonds is 3. The molecule has 0 fully saturated rings. The molecule has 4 nitrogen and oxygen atoms in total. The number of nitrogens with zero attached hydrogens (tertiary/aromatic N) is 2. The minimum atomic E-state index is -0.461. The van der Waals surface area contributed by atoms with E-state index in [9.17, 15) is 10.1 Å². The SMILES string of the molecule is N#CC(=Cc1cccc(Cl)c1)c1nc(-c2cc3c(ccc4ccccc43)oc2=O)cs1. The first-order valence-electron chi connectivity index (χ1n) is 9.41. The van der Waals surface area contributed by atoms with Crippen molar-refractivity contribution in [3.63, 3.8) is 0 Å². The van der Waals surface area contributed by atoms with Crippen LogP contribution in [0.5, 0.6) is 0 Å². The number of halogens is 1. The highest BCUT2D eigenvalue weighted by atomic mass is 35.5. The lowest BCUT2D eigenvalue weighted by molar-refractivity contribution is 0.563. The van der Waals surface area contributed by atoms with E-state index < -0.39 is 5.63 Å². The number of aromatic nitrogens is 1. The Morgan fingerprint density at radius 3 is 2.77 bits per heavy atom. The van der Waals surface area contributed by atoms with Crippen molar-refractivity contribution < 1.29 is 4.42 Å². The van der Waals surface area contributed by atoms with E-state index in [0.29, 0.717) is 32.4 Å². The Balaban J connectivity index is 1.62. The molecule has 0 radical (unpaired) electrons. The van der Waals surface area contributed by atoms with Gasteiger partial charge < -0.3 is 4.42 Å². The summed E-state index contributed by atoms with van der Waals surface area (Å²) in [4.78, 5) is 17.2. The monoisotopic (exact) mass is 440 g/mol.